The van der Waals surface area contributed by atoms with E-state index in [9.17, 15) is 9.59 Å². The standard InChI is InChI=1S/C23H25Cl2NO4/c1-3-5-19(23(28)29-4-2)26-20(27)14-30-22(16-8-12-18(25)13-9-16)21(26)15-6-10-17(24)11-7-15/h6-13,19,21-22H,3-5,14H2,1-2H3/t19?,21-,22+/m1/s1. The van der Waals surface area contributed by atoms with Crippen LogP contribution < -0.4 is 0 Å². The molecular weight excluding hydrogens is 425 g/mol. The third-order valence-corrected chi connectivity index (χ3v) is 5.63. The maximum Gasteiger partial charge on any atom is 0.328 e. The number of hydrogen-bond donors (Lipinski definition) is 0. The first-order valence-electron chi connectivity index (χ1n) is 10.1. The number of halogens is 2. The Morgan fingerprint density at radius 1 is 1.07 bits per heavy atom. The minimum Gasteiger partial charge on any atom is -0.464 e. The number of carbonyl (C=O) groups excluding carboxylic acids is 2. The molecule has 1 amide bonds. The fraction of sp³-hybridized carbons (Fsp3) is 0.391. The SMILES string of the molecule is CCCC(C(=O)OCC)N1C(=O)CO[C@@H](c2ccc(Cl)cc2)[C@H]1c1ccc(Cl)cc1. The van der Waals surface area contributed by atoms with Crippen LogP contribution in [-0.2, 0) is 19.1 Å². The van der Waals surface area contributed by atoms with E-state index in [0.29, 0.717) is 16.5 Å². The molecule has 0 N–H and O–H groups in total. The van der Waals surface area contributed by atoms with Crippen LogP contribution >= 0.6 is 23.2 Å². The van der Waals surface area contributed by atoms with Crippen LogP contribution in [0.5, 0.6) is 0 Å². The van der Waals surface area contributed by atoms with Crippen molar-refractivity contribution in [2.45, 2.75) is 44.9 Å². The second-order valence-corrected chi connectivity index (χ2v) is 8.01. The molecule has 160 valence electrons. The van der Waals surface area contributed by atoms with Crippen molar-refractivity contribution < 1.29 is 19.1 Å². The van der Waals surface area contributed by atoms with Crippen molar-refractivity contribution in [3.8, 4) is 0 Å². The lowest BCUT2D eigenvalue weighted by Crippen LogP contribution is -2.53. The van der Waals surface area contributed by atoms with Crippen molar-refractivity contribution in [2.24, 2.45) is 0 Å². The lowest BCUT2D eigenvalue weighted by Gasteiger charge is -2.44. The number of nitrogens with zero attached hydrogens (tertiary/aromatic N) is 1. The zero-order valence-corrected chi connectivity index (χ0v) is 18.5. The van der Waals surface area contributed by atoms with Gasteiger partial charge in [0.1, 0.15) is 18.8 Å². The third-order valence-electron chi connectivity index (χ3n) is 5.13. The maximum absolute atomic E-state index is 13.0. The van der Waals surface area contributed by atoms with Gasteiger partial charge < -0.3 is 14.4 Å². The largest absolute Gasteiger partial charge is 0.464 e. The van der Waals surface area contributed by atoms with Gasteiger partial charge in [-0.25, -0.2) is 4.79 Å². The van der Waals surface area contributed by atoms with Crippen LogP contribution in [0.3, 0.4) is 0 Å². The van der Waals surface area contributed by atoms with E-state index < -0.39 is 24.2 Å². The van der Waals surface area contributed by atoms with Crippen LogP contribution in [0.15, 0.2) is 48.5 Å². The van der Waals surface area contributed by atoms with Crippen molar-refractivity contribution in [3.63, 3.8) is 0 Å². The predicted molar refractivity (Wildman–Crippen MR) is 117 cm³/mol. The van der Waals surface area contributed by atoms with Gasteiger partial charge in [0.2, 0.25) is 5.91 Å². The summed E-state index contributed by atoms with van der Waals surface area (Å²) in [6.45, 7) is 3.88. The number of carbonyl (C=O) groups is 2. The number of morpholine rings is 1. The topological polar surface area (TPSA) is 55.8 Å². The lowest BCUT2D eigenvalue weighted by molar-refractivity contribution is -0.174. The summed E-state index contributed by atoms with van der Waals surface area (Å²) in [5.74, 6) is -0.643. The van der Waals surface area contributed by atoms with Crippen molar-refractivity contribution >= 4 is 35.1 Å². The van der Waals surface area contributed by atoms with Crippen molar-refractivity contribution in [1.82, 2.24) is 4.90 Å². The van der Waals surface area contributed by atoms with Crippen LogP contribution in [0.4, 0.5) is 0 Å². The van der Waals surface area contributed by atoms with Gasteiger partial charge in [0.15, 0.2) is 0 Å². The minimum atomic E-state index is -0.693. The second-order valence-electron chi connectivity index (χ2n) is 7.14. The van der Waals surface area contributed by atoms with Gasteiger partial charge in [-0.3, -0.25) is 4.79 Å². The Kier molecular flexibility index (Phi) is 7.75. The molecule has 7 heteroatoms. The fourth-order valence-electron chi connectivity index (χ4n) is 3.80. The monoisotopic (exact) mass is 449 g/mol. The van der Waals surface area contributed by atoms with E-state index in [1.165, 1.54) is 0 Å². The molecule has 5 nitrogen and oxygen atoms in total. The van der Waals surface area contributed by atoms with E-state index in [-0.39, 0.29) is 19.1 Å². The van der Waals surface area contributed by atoms with Gasteiger partial charge in [0.25, 0.3) is 0 Å². The van der Waals surface area contributed by atoms with E-state index in [4.69, 9.17) is 32.7 Å². The summed E-state index contributed by atoms with van der Waals surface area (Å²) in [4.78, 5) is 27.5. The summed E-state index contributed by atoms with van der Waals surface area (Å²) in [6, 6.07) is 13.4. The Morgan fingerprint density at radius 3 is 2.17 bits per heavy atom. The molecule has 1 fully saturated rings. The Morgan fingerprint density at radius 2 is 1.63 bits per heavy atom. The fourth-order valence-corrected chi connectivity index (χ4v) is 4.06. The quantitative estimate of drug-likeness (QED) is 0.533. The minimum absolute atomic E-state index is 0.114. The van der Waals surface area contributed by atoms with Gasteiger partial charge in [-0.05, 0) is 48.7 Å². The average molecular weight is 450 g/mol. The summed E-state index contributed by atoms with van der Waals surface area (Å²) in [6.07, 6.45) is 0.768. The first-order chi connectivity index (χ1) is 14.5. The summed E-state index contributed by atoms with van der Waals surface area (Å²) < 4.78 is 11.3. The van der Waals surface area contributed by atoms with Crippen LogP contribution in [0, 0.1) is 0 Å². The highest BCUT2D eigenvalue weighted by atomic mass is 35.5. The molecule has 0 bridgehead atoms. The van der Waals surface area contributed by atoms with Gasteiger partial charge in [-0.15, -0.1) is 0 Å². The normalized spacial score (nSPS) is 20.1. The Labute approximate surface area is 186 Å². The molecule has 0 aromatic heterocycles. The first kappa shape index (κ1) is 22.6. The smallest absolute Gasteiger partial charge is 0.328 e. The van der Waals surface area contributed by atoms with Crippen LogP contribution in [-0.4, -0.2) is 36.0 Å². The molecule has 2 aromatic carbocycles. The molecule has 1 aliphatic rings. The molecular formula is C23H25Cl2NO4. The highest BCUT2D eigenvalue weighted by Gasteiger charge is 2.44. The van der Waals surface area contributed by atoms with Gasteiger partial charge >= 0.3 is 5.97 Å². The molecule has 0 saturated carbocycles. The summed E-state index contributed by atoms with van der Waals surface area (Å²) in [5, 5.41) is 1.20. The zero-order chi connectivity index (χ0) is 21.7. The molecule has 0 aliphatic carbocycles. The molecule has 2 aromatic rings. The van der Waals surface area contributed by atoms with Crippen LogP contribution in [0.2, 0.25) is 10.0 Å². The number of amides is 1. The number of ether oxygens (including phenoxy) is 2. The number of benzene rings is 2. The number of hydrogen-bond acceptors (Lipinski definition) is 4. The molecule has 1 saturated heterocycles. The first-order valence-corrected chi connectivity index (χ1v) is 10.8. The second kappa shape index (κ2) is 10.3. The predicted octanol–water partition coefficient (Wildman–Crippen LogP) is 5.37. The van der Waals surface area contributed by atoms with Gasteiger partial charge in [-0.2, -0.15) is 0 Å². The van der Waals surface area contributed by atoms with Crippen LogP contribution in [0.1, 0.15) is 50.0 Å². The molecule has 1 aliphatic heterocycles. The lowest BCUT2D eigenvalue weighted by atomic mass is 9.90. The Hall–Kier alpha value is -2.08. The van der Waals surface area contributed by atoms with Crippen LogP contribution in [0.25, 0.3) is 0 Å². The van der Waals surface area contributed by atoms with Crippen molar-refractivity contribution in [2.75, 3.05) is 13.2 Å². The average Bonchev–Trinajstić information content (AvgIpc) is 2.74. The van der Waals surface area contributed by atoms with Crippen molar-refractivity contribution in [1.29, 1.82) is 0 Å². The molecule has 3 rings (SSSR count). The highest BCUT2D eigenvalue weighted by molar-refractivity contribution is 6.30. The van der Waals surface area contributed by atoms with Crippen molar-refractivity contribution in [3.05, 3.63) is 69.7 Å². The van der Waals surface area contributed by atoms with E-state index in [1.54, 1.807) is 36.1 Å². The molecule has 3 atom stereocenters. The molecule has 30 heavy (non-hydrogen) atoms. The van der Waals surface area contributed by atoms with E-state index in [2.05, 4.69) is 0 Å². The third kappa shape index (κ3) is 4.97. The summed E-state index contributed by atoms with van der Waals surface area (Å²) in [7, 11) is 0. The van der Waals surface area contributed by atoms with Gasteiger partial charge in [0.05, 0.1) is 12.6 Å². The van der Waals surface area contributed by atoms with Gasteiger partial charge in [0, 0.05) is 10.0 Å². The summed E-state index contributed by atoms with van der Waals surface area (Å²) in [5.41, 5.74) is 1.70. The maximum atomic E-state index is 13.0. The number of esters is 1. The van der Waals surface area contributed by atoms with Gasteiger partial charge in [-0.1, -0.05) is 60.8 Å². The summed E-state index contributed by atoms with van der Waals surface area (Å²) >= 11 is 12.1. The molecule has 0 spiro atoms. The molecule has 1 unspecified atom stereocenters. The van der Waals surface area contributed by atoms with E-state index >= 15 is 0 Å². The highest BCUT2D eigenvalue weighted by Crippen LogP contribution is 2.42. The zero-order valence-electron chi connectivity index (χ0n) is 17.0. The Balaban J connectivity index is 2.10. The van der Waals surface area contributed by atoms with E-state index in [1.807, 2.05) is 31.2 Å². The van der Waals surface area contributed by atoms with E-state index in [0.717, 1.165) is 17.5 Å². The molecule has 0 radical (unpaired) electrons. The molecule has 1 heterocycles. The number of rotatable bonds is 7. The Bertz CT molecular complexity index is 870.